The van der Waals surface area contributed by atoms with Crippen molar-refractivity contribution in [3.05, 3.63) is 29.8 Å². The lowest BCUT2D eigenvalue weighted by Crippen LogP contribution is -2.49. The third-order valence-corrected chi connectivity index (χ3v) is 3.30. The highest BCUT2D eigenvalue weighted by Gasteiger charge is 2.27. The molecule has 5 heteroatoms. The van der Waals surface area contributed by atoms with E-state index in [0.717, 1.165) is 17.7 Å². The van der Waals surface area contributed by atoms with Crippen molar-refractivity contribution in [2.24, 2.45) is 5.92 Å². The van der Waals surface area contributed by atoms with Gasteiger partial charge < -0.3 is 10.4 Å². The molecule has 2 unspecified atom stereocenters. The van der Waals surface area contributed by atoms with Gasteiger partial charge in [-0.1, -0.05) is 25.1 Å². The Hall–Kier alpha value is -2.04. The summed E-state index contributed by atoms with van der Waals surface area (Å²) in [7, 11) is 0. The van der Waals surface area contributed by atoms with E-state index in [2.05, 4.69) is 12.2 Å². The van der Waals surface area contributed by atoms with Crippen LogP contribution < -0.4 is 10.2 Å². The Morgan fingerprint density at radius 3 is 2.79 bits per heavy atom. The van der Waals surface area contributed by atoms with Crippen molar-refractivity contribution >= 4 is 17.7 Å². The summed E-state index contributed by atoms with van der Waals surface area (Å²) in [6, 6.07) is 6.49. The number of nitrogens with one attached hydrogen (secondary N) is 1. The Bertz CT molecular complexity index is 501. The van der Waals surface area contributed by atoms with Gasteiger partial charge in [0.25, 0.3) is 0 Å². The van der Waals surface area contributed by atoms with E-state index in [1.807, 2.05) is 24.3 Å². The number of rotatable bonds is 2. The van der Waals surface area contributed by atoms with Gasteiger partial charge in [-0.05, 0) is 30.9 Å². The first-order chi connectivity index (χ1) is 8.99. The fraction of sp³-hybridized carbons (Fsp3) is 0.429. The predicted molar refractivity (Wildman–Crippen MR) is 72.3 cm³/mol. The molecule has 0 saturated carbocycles. The quantitative estimate of drug-likeness (QED) is 0.854. The molecule has 102 valence electrons. The van der Waals surface area contributed by atoms with E-state index in [1.165, 1.54) is 6.92 Å². The summed E-state index contributed by atoms with van der Waals surface area (Å²) < 4.78 is 0. The lowest BCUT2D eigenvalue weighted by atomic mass is 9.94. The summed E-state index contributed by atoms with van der Waals surface area (Å²) in [4.78, 5) is 24.6. The number of amides is 2. The largest absolute Gasteiger partial charge is 0.480 e. The predicted octanol–water partition coefficient (Wildman–Crippen LogP) is 1.87. The van der Waals surface area contributed by atoms with Gasteiger partial charge in [0.2, 0.25) is 0 Å². The molecule has 0 bridgehead atoms. The van der Waals surface area contributed by atoms with Crippen molar-refractivity contribution in [3.63, 3.8) is 0 Å². The van der Waals surface area contributed by atoms with Crippen molar-refractivity contribution in [2.75, 3.05) is 11.4 Å². The lowest BCUT2D eigenvalue weighted by molar-refractivity contribution is -0.138. The highest BCUT2D eigenvalue weighted by molar-refractivity contribution is 5.95. The molecule has 1 aromatic carbocycles. The van der Waals surface area contributed by atoms with Crippen LogP contribution in [0.2, 0.25) is 0 Å². The number of nitrogens with zero attached hydrogens (tertiary/aromatic N) is 1. The van der Waals surface area contributed by atoms with Crippen LogP contribution in [0.1, 0.15) is 19.4 Å². The second-order valence-electron chi connectivity index (χ2n) is 5.06. The number of fused-ring (bicyclic) bond motifs is 1. The van der Waals surface area contributed by atoms with E-state index in [4.69, 9.17) is 5.11 Å². The third-order valence-electron chi connectivity index (χ3n) is 3.30. The molecule has 2 amide bonds. The molecule has 0 saturated heterocycles. The molecule has 0 aromatic heterocycles. The van der Waals surface area contributed by atoms with Crippen LogP contribution in [0.3, 0.4) is 0 Å². The fourth-order valence-electron chi connectivity index (χ4n) is 2.31. The second kappa shape index (κ2) is 5.30. The van der Waals surface area contributed by atoms with Crippen LogP contribution in [0.4, 0.5) is 10.5 Å². The molecule has 0 spiro atoms. The number of anilines is 1. The number of hydrogen-bond acceptors (Lipinski definition) is 2. The maximum absolute atomic E-state index is 12.2. The van der Waals surface area contributed by atoms with Crippen LogP contribution in [0.5, 0.6) is 0 Å². The van der Waals surface area contributed by atoms with Gasteiger partial charge >= 0.3 is 12.0 Å². The van der Waals surface area contributed by atoms with Gasteiger partial charge in [-0.25, -0.2) is 4.79 Å². The average Bonchev–Trinajstić information content (AvgIpc) is 2.37. The Kier molecular flexibility index (Phi) is 3.74. The zero-order valence-corrected chi connectivity index (χ0v) is 11.1. The summed E-state index contributed by atoms with van der Waals surface area (Å²) in [5.74, 6) is -0.674. The second-order valence-corrected chi connectivity index (χ2v) is 5.06. The number of hydrogen-bond donors (Lipinski definition) is 2. The van der Waals surface area contributed by atoms with Crippen LogP contribution in [-0.2, 0) is 11.2 Å². The van der Waals surface area contributed by atoms with Gasteiger partial charge in [-0.2, -0.15) is 0 Å². The van der Waals surface area contributed by atoms with Crippen LogP contribution in [0, 0.1) is 5.92 Å². The summed E-state index contributed by atoms with van der Waals surface area (Å²) >= 11 is 0. The summed E-state index contributed by atoms with van der Waals surface area (Å²) in [6.07, 6.45) is 0.939. The van der Waals surface area contributed by atoms with Crippen molar-refractivity contribution in [3.8, 4) is 0 Å². The van der Waals surface area contributed by atoms with Gasteiger partial charge in [-0.15, -0.1) is 0 Å². The average molecular weight is 262 g/mol. The monoisotopic (exact) mass is 262 g/mol. The SMILES string of the molecule is CC1Cc2ccccc2N(C(=O)NC(C)C(=O)O)C1. The molecule has 1 aromatic rings. The summed E-state index contributed by atoms with van der Waals surface area (Å²) in [5, 5.41) is 11.3. The fourth-order valence-corrected chi connectivity index (χ4v) is 2.31. The number of carbonyl (C=O) groups is 2. The molecule has 1 aliphatic rings. The molecule has 0 radical (unpaired) electrons. The highest BCUT2D eigenvalue weighted by Crippen LogP contribution is 2.29. The number of aliphatic carboxylic acids is 1. The van der Waals surface area contributed by atoms with Gasteiger partial charge in [-0.3, -0.25) is 9.69 Å². The molecular formula is C14H18N2O3. The molecule has 2 atom stereocenters. The van der Waals surface area contributed by atoms with Crippen LogP contribution in [0.15, 0.2) is 24.3 Å². The number of carboxylic acids is 1. The minimum absolute atomic E-state index is 0.353. The highest BCUT2D eigenvalue weighted by atomic mass is 16.4. The molecule has 5 nitrogen and oxygen atoms in total. The molecule has 2 rings (SSSR count). The topological polar surface area (TPSA) is 69.6 Å². The standard InChI is InChI=1S/C14H18N2O3/c1-9-7-11-5-3-4-6-12(11)16(8-9)14(19)15-10(2)13(17)18/h3-6,9-10H,7-8H2,1-2H3,(H,15,19)(H,17,18). The van der Waals surface area contributed by atoms with E-state index in [1.54, 1.807) is 4.90 Å². The van der Waals surface area contributed by atoms with Crippen LogP contribution >= 0.6 is 0 Å². The van der Waals surface area contributed by atoms with Gasteiger partial charge in [0.15, 0.2) is 0 Å². The molecule has 19 heavy (non-hydrogen) atoms. The van der Waals surface area contributed by atoms with Crippen LogP contribution in [-0.4, -0.2) is 29.7 Å². The van der Waals surface area contributed by atoms with Crippen LogP contribution in [0.25, 0.3) is 0 Å². The molecule has 2 N–H and O–H groups in total. The van der Waals surface area contributed by atoms with Crippen molar-refractivity contribution < 1.29 is 14.7 Å². The van der Waals surface area contributed by atoms with Gasteiger partial charge in [0, 0.05) is 12.2 Å². The van der Waals surface area contributed by atoms with Crippen molar-refractivity contribution in [1.82, 2.24) is 5.32 Å². The third kappa shape index (κ3) is 2.86. The molecule has 0 fully saturated rings. The first-order valence-corrected chi connectivity index (χ1v) is 6.37. The van der Waals surface area contributed by atoms with Crippen molar-refractivity contribution in [1.29, 1.82) is 0 Å². The molecule has 0 aliphatic carbocycles. The minimum atomic E-state index is -1.04. The van der Waals surface area contributed by atoms with E-state index in [9.17, 15) is 9.59 Å². The Labute approximate surface area is 112 Å². The number of carbonyl (C=O) groups excluding carboxylic acids is 1. The van der Waals surface area contributed by atoms with Gasteiger partial charge in [0.1, 0.15) is 6.04 Å². The maximum atomic E-state index is 12.2. The molecule has 1 heterocycles. The normalized spacial score (nSPS) is 19.5. The first-order valence-electron chi connectivity index (χ1n) is 6.37. The molecule has 1 aliphatic heterocycles. The zero-order chi connectivity index (χ0) is 14.0. The Balaban J connectivity index is 2.20. The van der Waals surface area contributed by atoms with Gasteiger partial charge in [0.05, 0.1) is 0 Å². The maximum Gasteiger partial charge on any atom is 0.325 e. The zero-order valence-electron chi connectivity index (χ0n) is 11.1. The van der Waals surface area contributed by atoms with E-state index in [0.29, 0.717) is 12.5 Å². The Morgan fingerprint density at radius 2 is 2.11 bits per heavy atom. The first kappa shape index (κ1) is 13.4. The molecular weight excluding hydrogens is 244 g/mol. The van der Waals surface area contributed by atoms with E-state index < -0.39 is 12.0 Å². The number of para-hydroxylation sites is 1. The number of urea groups is 1. The number of carboxylic acid groups (broad SMARTS) is 1. The Morgan fingerprint density at radius 1 is 1.42 bits per heavy atom. The lowest BCUT2D eigenvalue weighted by Gasteiger charge is -2.33. The summed E-state index contributed by atoms with van der Waals surface area (Å²) in [6.45, 7) is 4.14. The smallest absolute Gasteiger partial charge is 0.325 e. The number of benzene rings is 1. The van der Waals surface area contributed by atoms with E-state index >= 15 is 0 Å². The van der Waals surface area contributed by atoms with E-state index in [-0.39, 0.29) is 6.03 Å². The van der Waals surface area contributed by atoms with Crippen molar-refractivity contribution in [2.45, 2.75) is 26.3 Å². The minimum Gasteiger partial charge on any atom is -0.480 e. The summed E-state index contributed by atoms with van der Waals surface area (Å²) in [5.41, 5.74) is 2.00.